The molecule has 0 atom stereocenters. The maximum Gasteiger partial charge on any atom is 0.0972 e. The summed E-state index contributed by atoms with van der Waals surface area (Å²) < 4.78 is 0. The monoisotopic (exact) mass is 798 g/mol. The van der Waals surface area contributed by atoms with Gasteiger partial charge in [0.25, 0.3) is 0 Å². The number of aromatic nitrogens is 2. The van der Waals surface area contributed by atoms with Gasteiger partial charge in [-0.15, -0.1) is 0 Å². The van der Waals surface area contributed by atoms with Gasteiger partial charge in [0.2, 0.25) is 0 Å². The minimum Gasteiger partial charge on any atom is -0.245 e. The van der Waals surface area contributed by atoms with Crippen LogP contribution in [0.1, 0.15) is 22.3 Å². The first kappa shape index (κ1) is 35.5. The van der Waals surface area contributed by atoms with Crippen LogP contribution >= 0.6 is 0 Å². The molecule has 0 aliphatic heterocycles. The zero-order valence-corrected chi connectivity index (χ0v) is 34.3. The van der Waals surface area contributed by atoms with E-state index in [2.05, 4.69) is 224 Å². The lowest BCUT2D eigenvalue weighted by Crippen LogP contribution is -2.28. The fourth-order valence-electron chi connectivity index (χ4n) is 10.8. The van der Waals surface area contributed by atoms with Crippen LogP contribution in [0, 0.1) is 0 Å². The van der Waals surface area contributed by atoms with E-state index in [4.69, 9.17) is 9.97 Å². The Morgan fingerprint density at radius 2 is 0.794 bits per heavy atom. The molecule has 2 nitrogen and oxygen atoms in total. The number of rotatable bonds is 5. The zero-order valence-electron chi connectivity index (χ0n) is 34.3. The van der Waals surface area contributed by atoms with Crippen molar-refractivity contribution in [2.45, 2.75) is 5.41 Å². The van der Waals surface area contributed by atoms with Crippen molar-refractivity contribution in [1.82, 2.24) is 9.97 Å². The van der Waals surface area contributed by atoms with E-state index >= 15 is 0 Å². The van der Waals surface area contributed by atoms with Crippen molar-refractivity contribution in [2.75, 3.05) is 0 Å². The second kappa shape index (κ2) is 13.9. The average molecular weight is 799 g/mol. The smallest absolute Gasteiger partial charge is 0.0972 e. The predicted molar refractivity (Wildman–Crippen MR) is 263 cm³/mol. The SMILES string of the molecule is c1ccc(-c2ccc3ccc4ccc(-c5c6ccccc6c(-c6ccc7c8c(ccc7c6)-c6ccccc6C8(c6ccccc6)c6ccccc6)c6ccccc56)nc4c3n2)cc1. The van der Waals surface area contributed by atoms with Crippen molar-refractivity contribution < 1.29 is 0 Å². The van der Waals surface area contributed by atoms with Gasteiger partial charge in [-0.3, -0.25) is 0 Å². The maximum atomic E-state index is 5.50. The molecule has 2 aromatic heterocycles. The molecule has 1 aliphatic rings. The molecule has 0 unspecified atom stereocenters. The van der Waals surface area contributed by atoms with E-state index in [-0.39, 0.29) is 0 Å². The Labute approximate surface area is 365 Å². The lowest BCUT2D eigenvalue weighted by Gasteiger charge is -2.34. The molecule has 0 bridgehead atoms. The van der Waals surface area contributed by atoms with Gasteiger partial charge in [-0.1, -0.05) is 212 Å². The number of hydrogen-bond donors (Lipinski definition) is 0. The van der Waals surface area contributed by atoms with Gasteiger partial charge in [0.1, 0.15) is 0 Å². The van der Waals surface area contributed by atoms with Gasteiger partial charge in [-0.2, -0.15) is 0 Å². The van der Waals surface area contributed by atoms with Gasteiger partial charge in [-0.05, 0) is 95.0 Å². The van der Waals surface area contributed by atoms with Crippen LogP contribution in [0.5, 0.6) is 0 Å². The molecule has 0 spiro atoms. The third kappa shape index (κ3) is 5.25. The van der Waals surface area contributed by atoms with Crippen LogP contribution in [0.3, 0.4) is 0 Å². The minimum absolute atomic E-state index is 0.479. The van der Waals surface area contributed by atoms with E-state index in [0.717, 1.165) is 44.3 Å². The fraction of sp³-hybridized carbons (Fsp3) is 0.0164. The maximum absolute atomic E-state index is 5.50. The standard InChI is InChI=1S/C61H38N2/c1-4-16-39(17-5-1)54-36-32-40-28-29-41-33-37-55(63-60(41)59(40)62-54)57-50-25-12-10-23-48(50)56(49-24-11-13-26-51(49)57)43-31-34-46-42(38-43)30-35-52-47-22-14-15-27-53(47)61(58(46)52,44-18-6-2-7-19-44)45-20-8-3-9-21-45/h1-38H. The second-order valence-corrected chi connectivity index (χ2v) is 16.8. The quantitative estimate of drug-likeness (QED) is 0.128. The summed E-state index contributed by atoms with van der Waals surface area (Å²) in [6.07, 6.45) is 0. The molecule has 292 valence electrons. The van der Waals surface area contributed by atoms with E-state index in [1.807, 2.05) is 6.07 Å². The van der Waals surface area contributed by atoms with E-state index < -0.39 is 5.41 Å². The van der Waals surface area contributed by atoms with Crippen LogP contribution in [-0.4, -0.2) is 9.97 Å². The van der Waals surface area contributed by atoms with Crippen LogP contribution in [0.2, 0.25) is 0 Å². The summed E-state index contributed by atoms with van der Waals surface area (Å²) in [6.45, 7) is 0. The Kier molecular flexibility index (Phi) is 7.85. The number of pyridine rings is 2. The molecule has 0 saturated carbocycles. The Morgan fingerprint density at radius 1 is 0.302 bits per heavy atom. The molecule has 0 fully saturated rings. The average Bonchev–Trinajstić information content (AvgIpc) is 3.67. The van der Waals surface area contributed by atoms with Crippen LogP contribution < -0.4 is 0 Å². The molecule has 1 aliphatic carbocycles. The molecule has 13 rings (SSSR count). The van der Waals surface area contributed by atoms with Crippen LogP contribution in [0.15, 0.2) is 231 Å². The largest absolute Gasteiger partial charge is 0.245 e. The summed E-state index contributed by atoms with van der Waals surface area (Å²) in [5.41, 5.74) is 15.7. The number of hydrogen-bond acceptors (Lipinski definition) is 2. The topological polar surface area (TPSA) is 25.8 Å². The molecule has 2 heterocycles. The number of benzene rings is 10. The molecule has 63 heavy (non-hydrogen) atoms. The Morgan fingerprint density at radius 3 is 1.43 bits per heavy atom. The molecule has 0 amide bonds. The van der Waals surface area contributed by atoms with Crippen molar-refractivity contribution in [3.63, 3.8) is 0 Å². The van der Waals surface area contributed by atoms with Gasteiger partial charge < -0.3 is 0 Å². The highest BCUT2D eigenvalue weighted by Gasteiger charge is 2.47. The summed E-state index contributed by atoms with van der Waals surface area (Å²) >= 11 is 0. The fourth-order valence-corrected chi connectivity index (χ4v) is 10.8. The highest BCUT2D eigenvalue weighted by atomic mass is 14.8. The van der Waals surface area contributed by atoms with Crippen molar-refractivity contribution in [2.24, 2.45) is 0 Å². The lowest BCUT2D eigenvalue weighted by atomic mass is 9.66. The Bertz CT molecular complexity index is 3680. The van der Waals surface area contributed by atoms with Crippen LogP contribution in [0.25, 0.3) is 98.9 Å². The lowest BCUT2D eigenvalue weighted by molar-refractivity contribution is 0.775. The molecule has 12 aromatic rings. The van der Waals surface area contributed by atoms with Gasteiger partial charge in [-0.25, -0.2) is 9.97 Å². The Hall–Kier alpha value is -8.20. The second-order valence-electron chi connectivity index (χ2n) is 16.8. The number of nitrogens with zero attached hydrogens (tertiary/aromatic N) is 2. The van der Waals surface area contributed by atoms with Gasteiger partial charge >= 0.3 is 0 Å². The first-order valence-electron chi connectivity index (χ1n) is 21.7. The first-order valence-corrected chi connectivity index (χ1v) is 21.7. The normalized spacial score (nSPS) is 12.9. The van der Waals surface area contributed by atoms with Crippen molar-refractivity contribution in [3.05, 3.63) is 253 Å². The number of fused-ring (bicyclic) bond motifs is 10. The van der Waals surface area contributed by atoms with Crippen LogP contribution in [0.4, 0.5) is 0 Å². The third-order valence-corrected chi connectivity index (χ3v) is 13.5. The van der Waals surface area contributed by atoms with Crippen LogP contribution in [-0.2, 0) is 5.41 Å². The highest BCUT2D eigenvalue weighted by Crippen LogP contribution is 2.58. The summed E-state index contributed by atoms with van der Waals surface area (Å²) in [7, 11) is 0. The van der Waals surface area contributed by atoms with Crippen molar-refractivity contribution in [1.29, 1.82) is 0 Å². The molecular formula is C61H38N2. The third-order valence-electron chi connectivity index (χ3n) is 13.5. The molecule has 0 N–H and O–H groups in total. The molecule has 2 heteroatoms. The molecular weight excluding hydrogens is 761 g/mol. The molecule has 0 saturated heterocycles. The highest BCUT2D eigenvalue weighted by molar-refractivity contribution is 6.22. The summed E-state index contributed by atoms with van der Waals surface area (Å²) in [4.78, 5) is 10.7. The Balaban J connectivity index is 1.04. The van der Waals surface area contributed by atoms with E-state index in [0.29, 0.717) is 0 Å². The summed E-state index contributed by atoms with van der Waals surface area (Å²) in [5, 5.41) is 9.38. The van der Waals surface area contributed by atoms with Gasteiger partial charge in [0, 0.05) is 21.9 Å². The summed E-state index contributed by atoms with van der Waals surface area (Å²) in [5.74, 6) is 0. The van der Waals surface area contributed by atoms with E-state index in [1.165, 1.54) is 76.8 Å². The van der Waals surface area contributed by atoms with Gasteiger partial charge in [0.05, 0.1) is 27.8 Å². The molecule has 0 radical (unpaired) electrons. The van der Waals surface area contributed by atoms with E-state index in [9.17, 15) is 0 Å². The van der Waals surface area contributed by atoms with Gasteiger partial charge in [0.15, 0.2) is 0 Å². The first-order chi connectivity index (χ1) is 31.3. The molecule has 10 aromatic carbocycles. The predicted octanol–water partition coefficient (Wildman–Crippen LogP) is 15.6. The van der Waals surface area contributed by atoms with Crippen molar-refractivity contribution in [3.8, 4) is 44.8 Å². The zero-order chi connectivity index (χ0) is 41.5. The van der Waals surface area contributed by atoms with Crippen molar-refractivity contribution >= 4 is 54.1 Å². The van der Waals surface area contributed by atoms with E-state index in [1.54, 1.807) is 0 Å². The minimum atomic E-state index is -0.479. The summed E-state index contributed by atoms with van der Waals surface area (Å²) in [6, 6.07) is 84.1.